The van der Waals surface area contributed by atoms with Crippen molar-refractivity contribution in [2.45, 2.75) is 45.1 Å². The van der Waals surface area contributed by atoms with Gasteiger partial charge in [-0.05, 0) is 44.2 Å². The first-order valence-electron chi connectivity index (χ1n) is 7.35. The lowest BCUT2D eigenvalue weighted by Gasteiger charge is -2.30. The summed E-state index contributed by atoms with van der Waals surface area (Å²) >= 11 is 0. The van der Waals surface area contributed by atoms with Gasteiger partial charge >= 0.3 is 0 Å². The van der Waals surface area contributed by atoms with Crippen LogP contribution >= 0.6 is 0 Å². The quantitative estimate of drug-likeness (QED) is 0.792. The second-order valence-electron chi connectivity index (χ2n) is 5.92. The Morgan fingerprint density at radius 2 is 2.24 bits per heavy atom. The van der Waals surface area contributed by atoms with Crippen LogP contribution in [0.5, 0.6) is 0 Å². The van der Waals surface area contributed by atoms with Crippen molar-refractivity contribution in [1.82, 2.24) is 10.2 Å². The molecule has 2 aliphatic heterocycles. The molecule has 0 radical (unpaired) electrons. The summed E-state index contributed by atoms with van der Waals surface area (Å²) in [6, 6.07) is 6.07. The largest absolute Gasteiger partial charge is 0.383 e. The van der Waals surface area contributed by atoms with Gasteiger partial charge in [-0.1, -0.05) is 12.1 Å². The van der Waals surface area contributed by atoms with E-state index in [-0.39, 0.29) is 11.9 Å². The number of hydrogen-bond acceptors (Lipinski definition) is 4. The van der Waals surface area contributed by atoms with Gasteiger partial charge in [0.05, 0.1) is 6.04 Å². The molecule has 1 aromatic rings. The lowest BCUT2D eigenvalue weighted by atomic mass is 10.1. The van der Waals surface area contributed by atoms with Gasteiger partial charge in [0.15, 0.2) is 0 Å². The van der Waals surface area contributed by atoms with Gasteiger partial charge in [0.25, 0.3) is 0 Å². The van der Waals surface area contributed by atoms with E-state index in [0.717, 1.165) is 16.8 Å². The van der Waals surface area contributed by atoms with Gasteiger partial charge in [0, 0.05) is 23.8 Å². The van der Waals surface area contributed by atoms with Crippen LogP contribution in [0.25, 0.3) is 0 Å². The van der Waals surface area contributed by atoms with Crippen molar-refractivity contribution < 1.29 is 9.90 Å². The molecule has 0 spiro atoms. The fourth-order valence-corrected chi connectivity index (χ4v) is 2.97. The maximum absolute atomic E-state index is 12.0. The Bertz CT molecular complexity index is 583. The van der Waals surface area contributed by atoms with Crippen LogP contribution < -0.4 is 10.6 Å². The molecule has 1 aromatic carbocycles. The van der Waals surface area contributed by atoms with Gasteiger partial charge in [0.2, 0.25) is 5.91 Å². The van der Waals surface area contributed by atoms with Crippen LogP contribution in [0, 0.1) is 0 Å². The molecule has 0 aliphatic carbocycles. The van der Waals surface area contributed by atoms with Crippen molar-refractivity contribution in [3.8, 4) is 0 Å². The number of carbonyl (C=O) groups is 1. The highest BCUT2D eigenvalue weighted by molar-refractivity contribution is 5.84. The summed E-state index contributed by atoms with van der Waals surface area (Å²) in [5.74, 6) is -0.0510. The zero-order valence-corrected chi connectivity index (χ0v) is 12.3. The number of anilines is 1. The summed E-state index contributed by atoms with van der Waals surface area (Å²) in [5.41, 5.74) is 2.97. The molecule has 2 heterocycles. The third kappa shape index (κ3) is 2.66. The summed E-state index contributed by atoms with van der Waals surface area (Å²) in [6.07, 6.45) is 3.50. The number of nitrogens with one attached hydrogen (secondary N) is 2. The number of rotatable bonds is 3. The van der Waals surface area contributed by atoms with Crippen LogP contribution in [0.1, 0.15) is 37.6 Å². The molecule has 21 heavy (non-hydrogen) atoms. The normalized spacial score (nSPS) is 25.0. The lowest BCUT2D eigenvalue weighted by Crippen LogP contribution is -2.46. The number of nitrogens with zero attached hydrogens (tertiary/aromatic N) is 1. The number of aliphatic hydroxyl groups excluding tert-OH is 1. The minimum absolute atomic E-state index is 0.0510. The second-order valence-corrected chi connectivity index (χ2v) is 5.92. The van der Waals surface area contributed by atoms with Crippen LogP contribution in [0.4, 0.5) is 5.69 Å². The average molecular weight is 287 g/mol. The molecule has 0 saturated carbocycles. The summed E-state index contributed by atoms with van der Waals surface area (Å²) in [6.45, 7) is 4.76. The molecular weight excluding hydrogens is 266 g/mol. The molecule has 2 unspecified atom stereocenters. The number of aliphatic hydroxyl groups is 1. The Kier molecular flexibility index (Phi) is 3.69. The number of hydrogen-bond donors (Lipinski definition) is 3. The topological polar surface area (TPSA) is 64.6 Å². The third-order valence-corrected chi connectivity index (χ3v) is 3.95. The zero-order chi connectivity index (χ0) is 15.0. The number of benzene rings is 1. The van der Waals surface area contributed by atoms with E-state index in [1.54, 1.807) is 6.20 Å². The molecule has 1 amide bonds. The van der Waals surface area contributed by atoms with Crippen molar-refractivity contribution in [3.63, 3.8) is 0 Å². The van der Waals surface area contributed by atoms with Crippen LogP contribution in [-0.4, -0.2) is 28.0 Å². The minimum Gasteiger partial charge on any atom is -0.383 e. The highest BCUT2D eigenvalue weighted by Gasteiger charge is 2.37. The van der Waals surface area contributed by atoms with E-state index >= 15 is 0 Å². The Morgan fingerprint density at radius 1 is 1.43 bits per heavy atom. The second kappa shape index (κ2) is 5.50. The highest BCUT2D eigenvalue weighted by Crippen LogP contribution is 2.36. The van der Waals surface area contributed by atoms with Gasteiger partial charge in [-0.3, -0.25) is 9.69 Å². The molecule has 0 aromatic heterocycles. The van der Waals surface area contributed by atoms with E-state index in [4.69, 9.17) is 0 Å². The number of amides is 1. The smallest absolute Gasteiger partial charge is 0.241 e. The number of fused-ring (bicyclic) bond motifs is 1. The summed E-state index contributed by atoms with van der Waals surface area (Å²) in [7, 11) is 0. The van der Waals surface area contributed by atoms with Gasteiger partial charge in [0.1, 0.15) is 6.23 Å². The molecule has 5 nitrogen and oxygen atoms in total. The van der Waals surface area contributed by atoms with Crippen LogP contribution in [0.2, 0.25) is 0 Å². The Labute approximate surface area is 124 Å². The molecule has 5 heteroatoms. The molecule has 2 atom stereocenters. The summed E-state index contributed by atoms with van der Waals surface area (Å²) in [4.78, 5) is 13.8. The van der Waals surface area contributed by atoms with Crippen LogP contribution in [0.3, 0.4) is 0 Å². The van der Waals surface area contributed by atoms with Gasteiger partial charge in [-0.2, -0.15) is 0 Å². The first kappa shape index (κ1) is 14.1. The van der Waals surface area contributed by atoms with E-state index in [0.29, 0.717) is 19.0 Å². The SMILES string of the molecule is CC(C)Nc1ccc2c(c1)C(O)N(C1CC=CNC1=O)C2. The van der Waals surface area contributed by atoms with E-state index in [1.165, 1.54) is 0 Å². The molecule has 0 fully saturated rings. The predicted molar refractivity (Wildman–Crippen MR) is 81.4 cm³/mol. The number of carbonyl (C=O) groups excluding carboxylic acids is 1. The Hall–Kier alpha value is -1.85. The standard InChI is InChI=1S/C16H21N3O2/c1-10(2)18-12-6-5-11-9-19(16(21)13(11)8-12)14-4-3-7-17-15(14)20/h3,5-8,10,14,16,18,21H,4,9H2,1-2H3,(H,17,20). The fourth-order valence-electron chi connectivity index (χ4n) is 2.97. The predicted octanol–water partition coefficient (Wildman–Crippen LogP) is 1.72. The first-order chi connectivity index (χ1) is 10.1. The maximum Gasteiger partial charge on any atom is 0.241 e. The maximum atomic E-state index is 12.0. The van der Waals surface area contributed by atoms with E-state index in [9.17, 15) is 9.90 Å². The van der Waals surface area contributed by atoms with Gasteiger partial charge in [-0.25, -0.2) is 0 Å². The Morgan fingerprint density at radius 3 is 2.95 bits per heavy atom. The fraction of sp³-hybridized carbons (Fsp3) is 0.438. The van der Waals surface area contributed by atoms with Crippen molar-refractivity contribution >= 4 is 11.6 Å². The van der Waals surface area contributed by atoms with Gasteiger partial charge < -0.3 is 15.7 Å². The van der Waals surface area contributed by atoms with Crippen molar-refractivity contribution in [2.24, 2.45) is 0 Å². The minimum atomic E-state index is -0.726. The zero-order valence-electron chi connectivity index (χ0n) is 12.3. The monoisotopic (exact) mass is 287 g/mol. The van der Waals surface area contributed by atoms with E-state index < -0.39 is 6.23 Å². The first-order valence-corrected chi connectivity index (χ1v) is 7.35. The van der Waals surface area contributed by atoms with Crippen molar-refractivity contribution in [2.75, 3.05) is 5.32 Å². The van der Waals surface area contributed by atoms with Crippen molar-refractivity contribution in [1.29, 1.82) is 0 Å². The third-order valence-electron chi connectivity index (χ3n) is 3.95. The average Bonchev–Trinajstić information content (AvgIpc) is 2.76. The molecule has 0 saturated heterocycles. The highest BCUT2D eigenvalue weighted by atomic mass is 16.3. The van der Waals surface area contributed by atoms with Crippen LogP contribution in [-0.2, 0) is 11.3 Å². The molecule has 112 valence electrons. The molecular formula is C16H21N3O2. The molecule has 0 bridgehead atoms. The lowest BCUT2D eigenvalue weighted by molar-refractivity contribution is -0.131. The molecule has 3 N–H and O–H groups in total. The Balaban J connectivity index is 1.83. The molecule has 2 aliphatic rings. The summed E-state index contributed by atoms with van der Waals surface area (Å²) < 4.78 is 0. The van der Waals surface area contributed by atoms with E-state index in [1.807, 2.05) is 29.2 Å². The van der Waals surface area contributed by atoms with Gasteiger partial charge in [-0.15, -0.1) is 0 Å². The summed E-state index contributed by atoms with van der Waals surface area (Å²) in [5, 5.41) is 16.6. The van der Waals surface area contributed by atoms with Crippen LogP contribution in [0.15, 0.2) is 30.5 Å². The van der Waals surface area contributed by atoms with Crippen molar-refractivity contribution in [3.05, 3.63) is 41.6 Å². The molecule has 3 rings (SSSR count). The van der Waals surface area contributed by atoms with E-state index in [2.05, 4.69) is 24.5 Å².